The molecule has 2 aromatic heterocycles. The molecule has 1 saturated heterocycles. The third-order valence-electron chi connectivity index (χ3n) is 4.52. The van der Waals surface area contributed by atoms with Crippen LogP contribution in [0.2, 0.25) is 5.02 Å². The second-order valence-corrected chi connectivity index (χ2v) is 6.86. The van der Waals surface area contributed by atoms with E-state index in [1.54, 1.807) is 11.0 Å². The highest BCUT2D eigenvalue weighted by atomic mass is 35.5. The Kier molecular flexibility index (Phi) is 4.75. The molecule has 1 unspecified atom stereocenters. The monoisotopic (exact) mass is 369 g/mol. The Morgan fingerprint density at radius 1 is 1.52 bits per heavy atom. The molecule has 25 heavy (non-hydrogen) atoms. The predicted octanol–water partition coefficient (Wildman–Crippen LogP) is 2.67. The van der Waals surface area contributed by atoms with Crippen LogP contribution in [-0.2, 0) is 0 Å². The van der Waals surface area contributed by atoms with Crippen LogP contribution in [0.3, 0.4) is 0 Å². The van der Waals surface area contributed by atoms with Gasteiger partial charge in [0, 0.05) is 19.3 Å². The minimum Gasteiger partial charge on any atom is -0.338 e. The van der Waals surface area contributed by atoms with Gasteiger partial charge in [-0.05, 0) is 30.5 Å². The smallest absolute Gasteiger partial charge is 0.281 e. The Labute approximate surface area is 148 Å². The molecule has 0 bridgehead atoms. The maximum atomic E-state index is 13.7. The number of hydrogen-bond donors (Lipinski definition) is 1. The van der Waals surface area contributed by atoms with Crippen molar-refractivity contribution in [3.8, 4) is 5.82 Å². The quantitative estimate of drug-likeness (QED) is 0.898. The van der Waals surface area contributed by atoms with Gasteiger partial charge < -0.3 is 10.6 Å². The number of amides is 1. The van der Waals surface area contributed by atoms with Crippen LogP contribution >= 0.6 is 11.6 Å². The molecule has 9 heteroatoms. The highest BCUT2D eigenvalue weighted by molar-refractivity contribution is 6.32. The lowest BCUT2D eigenvalue weighted by Gasteiger charge is -2.22. The van der Waals surface area contributed by atoms with Crippen molar-refractivity contribution in [2.24, 2.45) is 11.1 Å². The average molecular weight is 370 g/mol. The third kappa shape index (κ3) is 3.23. The molecule has 3 rings (SSSR count). The number of carbonyl (C=O) groups is 1. The summed E-state index contributed by atoms with van der Waals surface area (Å²) in [6, 6.07) is 3.11. The Morgan fingerprint density at radius 3 is 2.88 bits per heavy atom. The Bertz CT molecular complexity index is 797. The number of hydrogen-bond acceptors (Lipinski definition) is 4. The molecule has 0 spiro atoms. The summed E-state index contributed by atoms with van der Waals surface area (Å²) >= 11 is 6.03. The van der Waals surface area contributed by atoms with Gasteiger partial charge in [0.1, 0.15) is 5.69 Å². The minimum absolute atomic E-state index is 0.0618. The molecule has 134 valence electrons. The second-order valence-electron chi connectivity index (χ2n) is 6.46. The number of likely N-dealkylation sites (tertiary alicyclic amines) is 1. The van der Waals surface area contributed by atoms with E-state index >= 15 is 0 Å². The number of rotatable bonds is 4. The molecule has 1 amide bonds. The van der Waals surface area contributed by atoms with Gasteiger partial charge in [-0.25, -0.2) is 18.4 Å². The van der Waals surface area contributed by atoms with Gasteiger partial charge >= 0.3 is 0 Å². The van der Waals surface area contributed by atoms with Crippen molar-refractivity contribution < 1.29 is 13.6 Å². The van der Waals surface area contributed by atoms with Crippen LogP contribution < -0.4 is 5.73 Å². The topological polar surface area (TPSA) is 77.0 Å². The zero-order chi connectivity index (χ0) is 18.2. The van der Waals surface area contributed by atoms with Crippen molar-refractivity contribution in [2.45, 2.75) is 19.8 Å². The standard InChI is InChI=1S/C16H18ClF2N5O/c1-16(8-20)4-6-23(9-16)15(25)10-7-22-24(12(10)13(18)19)14-11(17)3-2-5-21-14/h2-3,5,7,13H,4,6,8-9,20H2,1H3. The van der Waals surface area contributed by atoms with E-state index in [4.69, 9.17) is 17.3 Å². The number of pyridine rings is 1. The first-order valence-corrected chi connectivity index (χ1v) is 8.20. The second kappa shape index (κ2) is 6.68. The van der Waals surface area contributed by atoms with Crippen LogP contribution in [0.25, 0.3) is 5.82 Å². The van der Waals surface area contributed by atoms with Crippen molar-refractivity contribution >= 4 is 17.5 Å². The van der Waals surface area contributed by atoms with Gasteiger partial charge in [0.25, 0.3) is 12.3 Å². The molecule has 1 fully saturated rings. The number of carbonyl (C=O) groups excluding carboxylic acids is 1. The van der Waals surface area contributed by atoms with E-state index in [1.807, 2.05) is 6.92 Å². The zero-order valence-electron chi connectivity index (χ0n) is 13.6. The molecular weight excluding hydrogens is 352 g/mol. The summed E-state index contributed by atoms with van der Waals surface area (Å²) in [5, 5.41) is 4.10. The van der Waals surface area contributed by atoms with E-state index in [0.29, 0.717) is 19.6 Å². The summed E-state index contributed by atoms with van der Waals surface area (Å²) < 4.78 is 28.3. The van der Waals surface area contributed by atoms with Gasteiger partial charge in [-0.2, -0.15) is 5.10 Å². The molecule has 1 atom stereocenters. The first kappa shape index (κ1) is 17.8. The van der Waals surface area contributed by atoms with E-state index in [9.17, 15) is 13.6 Å². The normalized spacial score (nSPS) is 20.5. The van der Waals surface area contributed by atoms with Crippen LogP contribution in [0, 0.1) is 5.41 Å². The molecule has 1 aliphatic rings. The van der Waals surface area contributed by atoms with Crippen LogP contribution in [0.5, 0.6) is 0 Å². The van der Waals surface area contributed by atoms with E-state index in [-0.39, 0.29) is 21.8 Å². The SMILES string of the molecule is CC1(CN)CCN(C(=O)c2cnn(-c3ncccc3Cl)c2C(F)F)C1. The molecule has 2 aromatic rings. The van der Waals surface area contributed by atoms with Crippen molar-refractivity contribution in [3.63, 3.8) is 0 Å². The highest BCUT2D eigenvalue weighted by Gasteiger charge is 2.37. The van der Waals surface area contributed by atoms with Crippen molar-refractivity contribution in [3.05, 3.63) is 40.8 Å². The molecule has 0 radical (unpaired) electrons. The fourth-order valence-corrected chi connectivity index (χ4v) is 3.17. The van der Waals surface area contributed by atoms with E-state index in [0.717, 1.165) is 17.3 Å². The number of nitrogens with two attached hydrogens (primary N) is 1. The first-order valence-electron chi connectivity index (χ1n) is 7.82. The summed E-state index contributed by atoms with van der Waals surface area (Å²) in [5.41, 5.74) is 4.90. The molecule has 0 aromatic carbocycles. The molecule has 6 nitrogen and oxygen atoms in total. The zero-order valence-corrected chi connectivity index (χ0v) is 14.4. The van der Waals surface area contributed by atoms with Crippen LogP contribution in [-0.4, -0.2) is 45.2 Å². The third-order valence-corrected chi connectivity index (χ3v) is 4.82. The Hall–Kier alpha value is -2.06. The number of aromatic nitrogens is 3. The minimum atomic E-state index is -2.90. The van der Waals surface area contributed by atoms with Gasteiger partial charge in [-0.15, -0.1) is 0 Å². The molecule has 1 aliphatic heterocycles. The molecule has 2 N–H and O–H groups in total. The van der Waals surface area contributed by atoms with E-state index in [2.05, 4.69) is 10.1 Å². The fraction of sp³-hybridized carbons (Fsp3) is 0.438. The Balaban J connectivity index is 1.98. The van der Waals surface area contributed by atoms with Gasteiger partial charge in [0.2, 0.25) is 0 Å². The van der Waals surface area contributed by atoms with E-state index in [1.165, 1.54) is 12.3 Å². The maximum absolute atomic E-state index is 13.7. The van der Waals surface area contributed by atoms with Crippen molar-refractivity contribution in [1.82, 2.24) is 19.7 Å². The van der Waals surface area contributed by atoms with Crippen molar-refractivity contribution in [1.29, 1.82) is 0 Å². The van der Waals surface area contributed by atoms with Gasteiger partial charge in [-0.3, -0.25) is 4.79 Å². The molecular formula is C16H18ClF2N5O. The maximum Gasteiger partial charge on any atom is 0.281 e. The lowest BCUT2D eigenvalue weighted by molar-refractivity contribution is 0.0763. The van der Waals surface area contributed by atoms with Gasteiger partial charge in [0.05, 0.1) is 16.8 Å². The molecule has 0 aliphatic carbocycles. The van der Waals surface area contributed by atoms with Crippen LogP contribution in [0.4, 0.5) is 8.78 Å². The largest absolute Gasteiger partial charge is 0.338 e. The van der Waals surface area contributed by atoms with E-state index < -0.39 is 18.0 Å². The highest BCUT2D eigenvalue weighted by Crippen LogP contribution is 2.32. The lowest BCUT2D eigenvalue weighted by atomic mass is 9.90. The first-order chi connectivity index (χ1) is 11.9. The average Bonchev–Trinajstić information content (AvgIpc) is 3.19. The Morgan fingerprint density at radius 2 is 2.28 bits per heavy atom. The van der Waals surface area contributed by atoms with Gasteiger partial charge in [-0.1, -0.05) is 18.5 Å². The molecule has 3 heterocycles. The van der Waals surface area contributed by atoms with Crippen LogP contribution in [0.1, 0.15) is 35.8 Å². The fourth-order valence-electron chi connectivity index (χ4n) is 2.97. The molecule has 0 saturated carbocycles. The number of halogens is 3. The summed E-state index contributed by atoms with van der Waals surface area (Å²) in [5.74, 6) is -0.419. The number of nitrogens with zero attached hydrogens (tertiary/aromatic N) is 4. The lowest BCUT2D eigenvalue weighted by Crippen LogP contribution is -2.34. The predicted molar refractivity (Wildman–Crippen MR) is 89.0 cm³/mol. The van der Waals surface area contributed by atoms with Crippen LogP contribution in [0.15, 0.2) is 24.5 Å². The summed E-state index contributed by atoms with van der Waals surface area (Å²) in [4.78, 5) is 18.3. The summed E-state index contributed by atoms with van der Waals surface area (Å²) in [6.45, 7) is 3.32. The van der Waals surface area contributed by atoms with Gasteiger partial charge in [0.15, 0.2) is 5.82 Å². The number of alkyl halides is 2. The summed E-state index contributed by atoms with van der Waals surface area (Å²) in [7, 11) is 0. The summed E-state index contributed by atoms with van der Waals surface area (Å²) in [6.07, 6.45) is 0.405. The van der Waals surface area contributed by atoms with Crippen molar-refractivity contribution in [2.75, 3.05) is 19.6 Å².